The van der Waals surface area contributed by atoms with Crippen LogP contribution in [0.5, 0.6) is 0 Å². The Hall–Kier alpha value is -3.95. The molecule has 2 aromatic carbocycles. The fourth-order valence-electron chi connectivity index (χ4n) is 2.42. The molecule has 0 fully saturated rings. The number of nitrogens with one attached hydrogen (secondary N) is 1. The predicted octanol–water partition coefficient (Wildman–Crippen LogP) is 2.10. The third kappa shape index (κ3) is 4.41. The Kier molecular flexibility index (Phi) is 5.49. The molecule has 0 saturated carbocycles. The average Bonchev–Trinajstić information content (AvgIpc) is 3.15. The Morgan fingerprint density at radius 2 is 2.00 bits per heavy atom. The first-order valence-corrected chi connectivity index (χ1v) is 8.36. The van der Waals surface area contributed by atoms with Crippen molar-refractivity contribution in [3.8, 4) is 11.4 Å². The van der Waals surface area contributed by atoms with Crippen molar-refractivity contribution in [1.29, 1.82) is 0 Å². The molecule has 1 heterocycles. The lowest BCUT2D eigenvalue weighted by atomic mass is 10.1. The number of aryl methyl sites for hydroxylation is 1. The Morgan fingerprint density at radius 1 is 1.25 bits per heavy atom. The number of benzene rings is 2. The summed E-state index contributed by atoms with van der Waals surface area (Å²) in [7, 11) is 0. The van der Waals surface area contributed by atoms with Crippen LogP contribution in [0.3, 0.4) is 0 Å². The molecular formula is C18H17N7O3. The number of hydrogen-bond donors (Lipinski definition) is 1. The molecule has 1 N–H and O–H groups in total. The first-order valence-electron chi connectivity index (χ1n) is 8.36. The highest BCUT2D eigenvalue weighted by atomic mass is 16.6. The van der Waals surface area contributed by atoms with E-state index in [0.717, 1.165) is 5.56 Å². The summed E-state index contributed by atoms with van der Waals surface area (Å²) in [6.45, 7) is 3.14. The lowest BCUT2D eigenvalue weighted by molar-refractivity contribution is -0.385. The maximum Gasteiger partial charge on any atom is 0.272 e. The number of aromatic nitrogens is 4. The van der Waals surface area contributed by atoms with Crippen molar-refractivity contribution in [2.24, 2.45) is 5.10 Å². The number of rotatable bonds is 6. The SMILES string of the molecule is C/C(=N/NC(=O)Cn1nnc(-c2ccccc2)n1)c1ccc(C)c([N+](=O)[O-])c1. The normalized spacial score (nSPS) is 11.3. The molecule has 0 aliphatic heterocycles. The van der Waals surface area contributed by atoms with Crippen LogP contribution in [0.15, 0.2) is 53.6 Å². The minimum atomic E-state index is -0.453. The van der Waals surface area contributed by atoms with Gasteiger partial charge in [-0.3, -0.25) is 14.9 Å². The molecule has 0 aliphatic rings. The van der Waals surface area contributed by atoms with Crippen molar-refractivity contribution in [2.75, 3.05) is 0 Å². The van der Waals surface area contributed by atoms with Gasteiger partial charge in [-0.25, -0.2) is 5.43 Å². The second kappa shape index (κ2) is 8.16. The third-order valence-electron chi connectivity index (χ3n) is 3.94. The van der Waals surface area contributed by atoms with Gasteiger partial charge in [-0.2, -0.15) is 9.90 Å². The van der Waals surface area contributed by atoms with Gasteiger partial charge in [0.1, 0.15) is 6.54 Å². The first kappa shape index (κ1) is 18.8. The van der Waals surface area contributed by atoms with Crippen molar-refractivity contribution >= 4 is 17.3 Å². The molecule has 28 heavy (non-hydrogen) atoms. The standard InChI is InChI=1S/C18H17N7O3/c1-12-8-9-15(10-16(12)25(27)28)13(2)19-20-17(26)11-24-22-18(21-23-24)14-6-4-3-5-7-14/h3-10H,11H2,1-2H3,(H,20,26)/b19-13-. The number of hydrazone groups is 1. The molecule has 0 spiro atoms. The minimum Gasteiger partial charge on any atom is -0.271 e. The zero-order chi connectivity index (χ0) is 20.1. The van der Waals surface area contributed by atoms with Crippen LogP contribution in [0.2, 0.25) is 0 Å². The highest BCUT2D eigenvalue weighted by Gasteiger charge is 2.13. The smallest absolute Gasteiger partial charge is 0.271 e. The fourth-order valence-corrected chi connectivity index (χ4v) is 2.42. The van der Waals surface area contributed by atoms with Gasteiger partial charge < -0.3 is 0 Å². The van der Waals surface area contributed by atoms with Crippen molar-refractivity contribution in [3.05, 3.63) is 69.8 Å². The Bertz CT molecular complexity index is 1040. The van der Waals surface area contributed by atoms with Crippen LogP contribution in [0.25, 0.3) is 11.4 Å². The van der Waals surface area contributed by atoms with Crippen LogP contribution in [0.1, 0.15) is 18.1 Å². The van der Waals surface area contributed by atoms with Crippen LogP contribution in [-0.2, 0) is 11.3 Å². The summed E-state index contributed by atoms with van der Waals surface area (Å²) in [6, 6.07) is 14.0. The van der Waals surface area contributed by atoms with Crippen molar-refractivity contribution < 1.29 is 9.72 Å². The van der Waals surface area contributed by atoms with Gasteiger partial charge in [0.15, 0.2) is 0 Å². The molecule has 1 aromatic heterocycles. The lowest BCUT2D eigenvalue weighted by Gasteiger charge is -2.04. The van der Waals surface area contributed by atoms with Gasteiger partial charge in [0, 0.05) is 22.8 Å². The first-order chi connectivity index (χ1) is 13.4. The van der Waals surface area contributed by atoms with E-state index in [-0.39, 0.29) is 12.2 Å². The predicted molar refractivity (Wildman–Crippen MR) is 101 cm³/mol. The van der Waals surface area contributed by atoms with Crippen LogP contribution in [0.4, 0.5) is 5.69 Å². The highest BCUT2D eigenvalue weighted by molar-refractivity contribution is 5.99. The number of carbonyl (C=O) groups excluding carboxylic acids is 1. The van der Waals surface area contributed by atoms with Crippen molar-refractivity contribution in [3.63, 3.8) is 0 Å². The van der Waals surface area contributed by atoms with Crippen LogP contribution < -0.4 is 5.43 Å². The summed E-state index contributed by atoms with van der Waals surface area (Å²) >= 11 is 0. The van der Waals surface area contributed by atoms with E-state index in [9.17, 15) is 14.9 Å². The molecular weight excluding hydrogens is 362 g/mol. The highest BCUT2D eigenvalue weighted by Crippen LogP contribution is 2.19. The van der Waals surface area contributed by atoms with Gasteiger partial charge >= 0.3 is 0 Å². The Morgan fingerprint density at radius 3 is 2.71 bits per heavy atom. The average molecular weight is 379 g/mol. The van der Waals surface area contributed by atoms with E-state index in [4.69, 9.17) is 0 Å². The van der Waals surface area contributed by atoms with Gasteiger partial charge in [0.25, 0.3) is 11.6 Å². The number of amides is 1. The summed E-state index contributed by atoms with van der Waals surface area (Å²) in [6.07, 6.45) is 0. The molecule has 10 nitrogen and oxygen atoms in total. The molecule has 0 unspecified atom stereocenters. The van der Waals surface area contributed by atoms with E-state index in [1.54, 1.807) is 26.0 Å². The zero-order valence-corrected chi connectivity index (χ0v) is 15.2. The zero-order valence-electron chi connectivity index (χ0n) is 15.2. The molecule has 3 aromatic rings. The summed E-state index contributed by atoms with van der Waals surface area (Å²) < 4.78 is 0. The number of tetrazole rings is 1. The summed E-state index contributed by atoms with van der Waals surface area (Å²) in [5, 5.41) is 27.0. The maximum absolute atomic E-state index is 12.1. The number of carbonyl (C=O) groups is 1. The van der Waals surface area contributed by atoms with Crippen LogP contribution in [0, 0.1) is 17.0 Å². The van der Waals surface area contributed by atoms with E-state index in [0.29, 0.717) is 22.7 Å². The maximum atomic E-state index is 12.1. The molecule has 3 rings (SSSR count). The number of nitro benzene ring substituents is 1. The van der Waals surface area contributed by atoms with E-state index in [2.05, 4.69) is 25.9 Å². The third-order valence-corrected chi connectivity index (χ3v) is 3.94. The second-order valence-corrected chi connectivity index (χ2v) is 6.00. The van der Waals surface area contributed by atoms with Crippen LogP contribution in [-0.4, -0.2) is 36.7 Å². The molecule has 0 bridgehead atoms. The van der Waals surface area contributed by atoms with Gasteiger partial charge in [-0.1, -0.05) is 42.5 Å². The summed E-state index contributed by atoms with van der Waals surface area (Å²) in [5.41, 5.74) is 4.72. The van der Waals surface area contributed by atoms with E-state index < -0.39 is 10.8 Å². The van der Waals surface area contributed by atoms with Gasteiger partial charge in [0.05, 0.1) is 10.6 Å². The van der Waals surface area contributed by atoms with E-state index in [1.807, 2.05) is 30.3 Å². The van der Waals surface area contributed by atoms with E-state index in [1.165, 1.54) is 10.9 Å². The molecule has 0 aliphatic carbocycles. The monoisotopic (exact) mass is 379 g/mol. The topological polar surface area (TPSA) is 128 Å². The Labute approximate surface area is 160 Å². The molecule has 1 amide bonds. The minimum absolute atomic E-state index is 0.00127. The Balaban J connectivity index is 1.65. The fraction of sp³-hybridized carbons (Fsp3) is 0.167. The molecule has 0 radical (unpaired) electrons. The quantitative estimate of drug-likeness (QED) is 0.397. The van der Waals surface area contributed by atoms with Gasteiger partial charge in [-0.05, 0) is 19.1 Å². The molecule has 0 saturated heterocycles. The van der Waals surface area contributed by atoms with Gasteiger partial charge in [0.2, 0.25) is 5.82 Å². The molecule has 10 heteroatoms. The van der Waals surface area contributed by atoms with Crippen LogP contribution >= 0.6 is 0 Å². The largest absolute Gasteiger partial charge is 0.272 e. The number of nitro groups is 1. The lowest BCUT2D eigenvalue weighted by Crippen LogP contribution is -2.25. The van der Waals surface area contributed by atoms with E-state index >= 15 is 0 Å². The molecule has 142 valence electrons. The van der Waals surface area contributed by atoms with Gasteiger partial charge in [-0.15, -0.1) is 10.2 Å². The van der Waals surface area contributed by atoms with Crippen molar-refractivity contribution in [2.45, 2.75) is 20.4 Å². The summed E-state index contributed by atoms with van der Waals surface area (Å²) in [5.74, 6) is -0.0296. The molecule has 0 atom stereocenters. The number of nitrogens with zero attached hydrogens (tertiary/aromatic N) is 6. The second-order valence-electron chi connectivity index (χ2n) is 6.00. The number of hydrogen-bond acceptors (Lipinski definition) is 7. The van der Waals surface area contributed by atoms with Crippen molar-refractivity contribution in [1.82, 2.24) is 25.6 Å². The summed E-state index contributed by atoms with van der Waals surface area (Å²) in [4.78, 5) is 23.8.